The highest BCUT2D eigenvalue weighted by atomic mass is 16.2. The molecule has 0 saturated heterocycles. The van der Waals surface area contributed by atoms with Crippen LogP contribution in [-0.4, -0.2) is 27.7 Å². The highest BCUT2D eigenvalue weighted by Gasteiger charge is 2.10. The van der Waals surface area contributed by atoms with Gasteiger partial charge in [-0.15, -0.1) is 0 Å². The Morgan fingerprint density at radius 3 is 2.34 bits per heavy atom. The van der Waals surface area contributed by atoms with Gasteiger partial charge in [0.2, 0.25) is 5.91 Å². The van der Waals surface area contributed by atoms with Crippen LogP contribution in [0.25, 0.3) is 0 Å². The highest BCUT2D eigenvalue weighted by molar-refractivity contribution is 6.03. The summed E-state index contributed by atoms with van der Waals surface area (Å²) in [6, 6.07) is 13.0. The number of nitrogen functional groups attached to an aromatic ring is 1. The van der Waals surface area contributed by atoms with Gasteiger partial charge < -0.3 is 22.1 Å². The molecule has 0 bridgehead atoms. The van der Waals surface area contributed by atoms with E-state index in [0.29, 0.717) is 16.8 Å². The third kappa shape index (κ3) is 5.13. The topological polar surface area (TPSA) is 153 Å². The van der Waals surface area contributed by atoms with Gasteiger partial charge in [-0.05, 0) is 42.0 Å². The number of benzene rings is 2. The number of rotatable bonds is 6. The molecule has 2 aromatic carbocycles. The molecule has 29 heavy (non-hydrogen) atoms. The number of hydrogen-bond donors (Lipinski definition) is 4. The van der Waals surface area contributed by atoms with E-state index in [2.05, 4.69) is 20.6 Å². The van der Waals surface area contributed by atoms with Gasteiger partial charge in [0.15, 0.2) is 0 Å². The molecule has 0 radical (unpaired) electrons. The van der Waals surface area contributed by atoms with Crippen molar-refractivity contribution in [1.82, 2.24) is 15.3 Å². The van der Waals surface area contributed by atoms with E-state index in [4.69, 9.17) is 11.5 Å². The Morgan fingerprint density at radius 2 is 1.66 bits per heavy atom. The smallest absolute Gasteiger partial charge is 0.275 e. The molecule has 0 fully saturated rings. The minimum Gasteiger partial charge on any atom is -0.382 e. The third-order valence-corrected chi connectivity index (χ3v) is 3.96. The molecule has 6 N–H and O–H groups in total. The van der Waals surface area contributed by atoms with Crippen molar-refractivity contribution in [2.45, 2.75) is 6.54 Å². The van der Waals surface area contributed by atoms with Gasteiger partial charge in [-0.2, -0.15) is 0 Å². The molecule has 1 aromatic heterocycles. The second-order valence-electron chi connectivity index (χ2n) is 6.11. The molecule has 0 unspecified atom stereocenters. The van der Waals surface area contributed by atoms with Crippen molar-refractivity contribution in [1.29, 1.82) is 0 Å². The van der Waals surface area contributed by atoms with Crippen molar-refractivity contribution >= 4 is 29.2 Å². The Bertz CT molecular complexity index is 1070. The van der Waals surface area contributed by atoms with Gasteiger partial charge in [0.05, 0.1) is 12.4 Å². The van der Waals surface area contributed by atoms with Crippen LogP contribution in [0.15, 0.2) is 60.9 Å². The Balaban J connectivity index is 1.61. The number of carbonyl (C=O) groups is 3. The maximum atomic E-state index is 12.3. The van der Waals surface area contributed by atoms with Gasteiger partial charge in [0.25, 0.3) is 11.8 Å². The van der Waals surface area contributed by atoms with E-state index < -0.39 is 11.8 Å². The zero-order valence-corrected chi connectivity index (χ0v) is 15.3. The summed E-state index contributed by atoms with van der Waals surface area (Å²) >= 11 is 0. The van der Waals surface area contributed by atoms with Crippen molar-refractivity contribution < 1.29 is 14.4 Å². The molecule has 3 aromatic rings. The summed E-state index contributed by atoms with van der Waals surface area (Å²) in [6.07, 6.45) is 2.67. The van der Waals surface area contributed by atoms with E-state index in [-0.39, 0.29) is 24.0 Å². The van der Waals surface area contributed by atoms with E-state index in [1.807, 2.05) is 6.07 Å². The summed E-state index contributed by atoms with van der Waals surface area (Å²) in [6.45, 7) is 0.248. The van der Waals surface area contributed by atoms with Crippen LogP contribution in [0.5, 0.6) is 0 Å². The van der Waals surface area contributed by atoms with E-state index in [0.717, 1.165) is 5.56 Å². The predicted octanol–water partition coefficient (Wildman–Crippen LogP) is 1.34. The van der Waals surface area contributed by atoms with Gasteiger partial charge >= 0.3 is 0 Å². The number of primary amides is 1. The molecule has 0 aliphatic rings. The highest BCUT2D eigenvalue weighted by Crippen LogP contribution is 2.12. The largest absolute Gasteiger partial charge is 0.382 e. The van der Waals surface area contributed by atoms with Gasteiger partial charge in [-0.25, -0.2) is 4.98 Å². The SMILES string of the molecule is NC(=O)c1ccc(C(=O)NCc2cccc(NC(=O)c3cncc(N)n3)c2)cc1. The van der Waals surface area contributed by atoms with E-state index in [1.54, 1.807) is 18.2 Å². The van der Waals surface area contributed by atoms with E-state index >= 15 is 0 Å². The first-order valence-corrected chi connectivity index (χ1v) is 8.58. The van der Waals surface area contributed by atoms with Crippen LogP contribution in [0.1, 0.15) is 36.8 Å². The van der Waals surface area contributed by atoms with Crippen LogP contribution < -0.4 is 22.1 Å². The van der Waals surface area contributed by atoms with Crippen LogP contribution in [0.2, 0.25) is 0 Å². The van der Waals surface area contributed by atoms with Crippen LogP contribution in [0.4, 0.5) is 11.5 Å². The first-order valence-electron chi connectivity index (χ1n) is 8.58. The molecule has 0 atom stereocenters. The second kappa shape index (κ2) is 8.61. The molecule has 0 aliphatic heterocycles. The van der Waals surface area contributed by atoms with E-state index in [9.17, 15) is 14.4 Å². The minimum atomic E-state index is -0.556. The fourth-order valence-corrected chi connectivity index (χ4v) is 2.51. The number of amides is 3. The molecular weight excluding hydrogens is 372 g/mol. The average Bonchev–Trinajstić information content (AvgIpc) is 2.72. The minimum absolute atomic E-state index is 0.100. The van der Waals surface area contributed by atoms with Gasteiger partial charge in [-0.1, -0.05) is 12.1 Å². The summed E-state index contributed by atoms with van der Waals surface area (Å²) in [5.41, 5.74) is 12.9. The molecule has 0 aliphatic carbocycles. The number of nitrogens with two attached hydrogens (primary N) is 2. The zero-order valence-electron chi connectivity index (χ0n) is 15.3. The van der Waals surface area contributed by atoms with Gasteiger partial charge in [0, 0.05) is 23.4 Å². The first kappa shape index (κ1) is 19.5. The number of hydrogen-bond acceptors (Lipinski definition) is 6. The maximum absolute atomic E-state index is 12.3. The number of anilines is 2. The number of nitrogens with zero attached hydrogens (tertiary/aromatic N) is 2. The molecule has 1 heterocycles. The average molecular weight is 390 g/mol. The van der Waals surface area contributed by atoms with Crippen molar-refractivity contribution in [3.05, 3.63) is 83.3 Å². The fourth-order valence-electron chi connectivity index (χ4n) is 2.51. The number of carbonyl (C=O) groups excluding carboxylic acids is 3. The Morgan fingerprint density at radius 1 is 0.931 bits per heavy atom. The Hall–Kier alpha value is -4.27. The van der Waals surface area contributed by atoms with Crippen LogP contribution in [-0.2, 0) is 6.54 Å². The molecule has 3 amide bonds. The second-order valence-corrected chi connectivity index (χ2v) is 6.11. The van der Waals surface area contributed by atoms with Crippen LogP contribution in [0.3, 0.4) is 0 Å². The quantitative estimate of drug-likeness (QED) is 0.498. The lowest BCUT2D eigenvalue weighted by Gasteiger charge is -2.09. The maximum Gasteiger partial charge on any atom is 0.275 e. The summed E-state index contributed by atoms with van der Waals surface area (Å²) < 4.78 is 0. The van der Waals surface area contributed by atoms with Crippen LogP contribution >= 0.6 is 0 Å². The fraction of sp³-hybridized carbons (Fsp3) is 0.0500. The lowest BCUT2D eigenvalue weighted by Crippen LogP contribution is -2.23. The molecule has 146 valence electrons. The molecule has 9 heteroatoms. The lowest BCUT2D eigenvalue weighted by atomic mass is 10.1. The van der Waals surface area contributed by atoms with Gasteiger partial charge in [-0.3, -0.25) is 19.4 Å². The molecule has 0 spiro atoms. The lowest BCUT2D eigenvalue weighted by molar-refractivity contribution is 0.0947. The molecule has 9 nitrogen and oxygen atoms in total. The predicted molar refractivity (Wildman–Crippen MR) is 107 cm³/mol. The Labute approximate surface area is 166 Å². The van der Waals surface area contributed by atoms with Crippen molar-refractivity contribution in [3.8, 4) is 0 Å². The normalized spacial score (nSPS) is 10.2. The van der Waals surface area contributed by atoms with Crippen molar-refractivity contribution in [3.63, 3.8) is 0 Å². The first-order chi connectivity index (χ1) is 13.9. The summed E-state index contributed by atoms with van der Waals surface area (Å²) in [5.74, 6) is -1.15. The zero-order chi connectivity index (χ0) is 20.8. The summed E-state index contributed by atoms with van der Waals surface area (Å²) in [4.78, 5) is 43.3. The Kier molecular flexibility index (Phi) is 5.79. The van der Waals surface area contributed by atoms with Gasteiger partial charge in [0.1, 0.15) is 11.5 Å². The summed E-state index contributed by atoms with van der Waals surface area (Å²) in [7, 11) is 0. The van der Waals surface area contributed by atoms with E-state index in [1.165, 1.54) is 36.7 Å². The third-order valence-electron chi connectivity index (χ3n) is 3.96. The van der Waals surface area contributed by atoms with Crippen LogP contribution in [0, 0.1) is 0 Å². The number of aromatic nitrogens is 2. The monoisotopic (exact) mass is 390 g/mol. The van der Waals surface area contributed by atoms with Crippen molar-refractivity contribution in [2.24, 2.45) is 5.73 Å². The molecule has 0 saturated carbocycles. The molecule has 3 rings (SSSR count). The van der Waals surface area contributed by atoms with Crippen molar-refractivity contribution in [2.75, 3.05) is 11.1 Å². The summed E-state index contributed by atoms with van der Waals surface area (Å²) in [5, 5.41) is 5.49. The number of nitrogens with one attached hydrogen (secondary N) is 2. The molecular formula is C20H18N6O3. The standard InChI is InChI=1S/C20H18N6O3/c21-17-11-23-10-16(26-17)20(29)25-15-3-1-2-12(8-15)9-24-19(28)14-6-4-13(5-7-14)18(22)27/h1-8,10-11H,9H2,(H2,21,26)(H2,22,27)(H,24,28)(H,25,29).